The standard InChI is InChI=1S/C19H21Cl2NO4S/c1-12(2)19(23)22(14-7-8-27(24,25)11-14)10-15-4-6-18(26-15)16-9-13(20)3-5-17(16)21/h3-6,9,12,14H,7-8,10-11H2,1-2H3/t14-/m0/s1. The highest BCUT2D eigenvalue weighted by Gasteiger charge is 2.35. The van der Waals surface area contributed by atoms with Gasteiger partial charge in [0.1, 0.15) is 11.5 Å². The number of hydrogen-bond acceptors (Lipinski definition) is 4. The van der Waals surface area contributed by atoms with E-state index in [2.05, 4.69) is 0 Å². The summed E-state index contributed by atoms with van der Waals surface area (Å²) >= 11 is 12.3. The molecule has 1 aromatic heterocycles. The van der Waals surface area contributed by atoms with Gasteiger partial charge in [-0.05, 0) is 36.8 Å². The molecule has 1 aliphatic rings. The third-order valence-corrected chi connectivity index (χ3v) is 6.92. The number of nitrogens with zero attached hydrogens (tertiary/aromatic N) is 1. The number of hydrogen-bond donors (Lipinski definition) is 0. The molecular weight excluding hydrogens is 409 g/mol. The first kappa shape index (κ1) is 20.2. The monoisotopic (exact) mass is 429 g/mol. The van der Waals surface area contributed by atoms with Crippen LogP contribution < -0.4 is 0 Å². The molecule has 0 bridgehead atoms. The van der Waals surface area contributed by atoms with Gasteiger partial charge in [0.2, 0.25) is 5.91 Å². The van der Waals surface area contributed by atoms with Crippen molar-refractivity contribution in [1.29, 1.82) is 0 Å². The first-order chi connectivity index (χ1) is 12.7. The molecule has 3 rings (SSSR count). The van der Waals surface area contributed by atoms with Crippen molar-refractivity contribution in [1.82, 2.24) is 4.90 Å². The third-order valence-electron chi connectivity index (χ3n) is 4.61. The van der Waals surface area contributed by atoms with Gasteiger partial charge in [0, 0.05) is 22.5 Å². The molecule has 27 heavy (non-hydrogen) atoms. The fourth-order valence-corrected chi connectivity index (χ4v) is 5.32. The summed E-state index contributed by atoms with van der Waals surface area (Å²) in [4.78, 5) is 14.3. The molecule has 0 radical (unpaired) electrons. The largest absolute Gasteiger partial charge is 0.459 e. The number of sulfone groups is 1. The highest BCUT2D eigenvalue weighted by Crippen LogP contribution is 2.32. The van der Waals surface area contributed by atoms with Gasteiger partial charge < -0.3 is 9.32 Å². The van der Waals surface area contributed by atoms with E-state index in [9.17, 15) is 13.2 Å². The van der Waals surface area contributed by atoms with Crippen LogP contribution in [0.4, 0.5) is 0 Å². The van der Waals surface area contributed by atoms with Crippen LogP contribution in [-0.2, 0) is 21.2 Å². The smallest absolute Gasteiger partial charge is 0.225 e. The lowest BCUT2D eigenvalue weighted by atomic mass is 10.1. The summed E-state index contributed by atoms with van der Waals surface area (Å²) in [6.07, 6.45) is 0.453. The highest BCUT2D eigenvalue weighted by atomic mass is 35.5. The zero-order chi connectivity index (χ0) is 19.8. The Hall–Kier alpha value is -1.50. The van der Waals surface area contributed by atoms with Crippen molar-refractivity contribution in [2.45, 2.75) is 32.9 Å². The lowest BCUT2D eigenvalue weighted by molar-refractivity contribution is -0.137. The SMILES string of the molecule is CC(C)C(=O)N(Cc1ccc(-c2cc(Cl)ccc2Cl)o1)[C@H]1CCS(=O)(=O)C1. The maximum atomic E-state index is 12.7. The molecule has 0 unspecified atom stereocenters. The van der Waals surface area contributed by atoms with Crippen molar-refractivity contribution < 1.29 is 17.6 Å². The van der Waals surface area contributed by atoms with Crippen LogP contribution in [0.25, 0.3) is 11.3 Å². The Kier molecular flexibility index (Phi) is 5.89. The molecular formula is C19H21Cl2NO4S. The second kappa shape index (κ2) is 7.86. The minimum absolute atomic E-state index is 0.000846. The van der Waals surface area contributed by atoms with Gasteiger partial charge in [-0.2, -0.15) is 0 Å². The number of benzene rings is 1. The van der Waals surface area contributed by atoms with Gasteiger partial charge in [0.05, 0.1) is 23.1 Å². The molecule has 1 saturated heterocycles. The van der Waals surface area contributed by atoms with Crippen LogP contribution >= 0.6 is 23.2 Å². The molecule has 5 nitrogen and oxygen atoms in total. The zero-order valence-electron chi connectivity index (χ0n) is 15.1. The van der Waals surface area contributed by atoms with Crippen LogP contribution in [0.2, 0.25) is 10.0 Å². The van der Waals surface area contributed by atoms with Crippen LogP contribution in [-0.4, -0.2) is 36.8 Å². The number of carbonyl (C=O) groups excluding carboxylic acids is 1. The van der Waals surface area contributed by atoms with E-state index in [0.717, 1.165) is 0 Å². The Labute approximate surface area is 169 Å². The third kappa shape index (κ3) is 4.68. The quantitative estimate of drug-likeness (QED) is 0.704. The molecule has 0 N–H and O–H groups in total. The predicted molar refractivity (Wildman–Crippen MR) is 107 cm³/mol. The van der Waals surface area contributed by atoms with Crippen molar-refractivity contribution in [3.05, 3.63) is 46.1 Å². The molecule has 1 amide bonds. The van der Waals surface area contributed by atoms with Crippen LogP contribution in [0, 0.1) is 5.92 Å². The number of rotatable bonds is 5. The first-order valence-corrected chi connectivity index (χ1v) is 11.3. The van der Waals surface area contributed by atoms with Gasteiger partial charge in [0.15, 0.2) is 9.84 Å². The summed E-state index contributed by atoms with van der Waals surface area (Å²) in [5.74, 6) is 0.911. The highest BCUT2D eigenvalue weighted by molar-refractivity contribution is 7.91. The van der Waals surface area contributed by atoms with Gasteiger partial charge in [-0.1, -0.05) is 37.0 Å². The van der Waals surface area contributed by atoms with Crippen molar-refractivity contribution in [2.75, 3.05) is 11.5 Å². The predicted octanol–water partition coefficient (Wildman–Crippen LogP) is 4.43. The topological polar surface area (TPSA) is 67.6 Å². The molecule has 1 fully saturated rings. The zero-order valence-corrected chi connectivity index (χ0v) is 17.4. The molecule has 2 aromatic rings. The molecule has 1 aliphatic heterocycles. The minimum atomic E-state index is -3.10. The Bertz CT molecular complexity index is 952. The van der Waals surface area contributed by atoms with E-state index >= 15 is 0 Å². The van der Waals surface area contributed by atoms with E-state index < -0.39 is 9.84 Å². The maximum Gasteiger partial charge on any atom is 0.225 e. The van der Waals surface area contributed by atoms with Crippen molar-refractivity contribution in [3.63, 3.8) is 0 Å². The van der Waals surface area contributed by atoms with Crippen molar-refractivity contribution in [3.8, 4) is 11.3 Å². The van der Waals surface area contributed by atoms with Gasteiger partial charge in [0.25, 0.3) is 0 Å². The molecule has 146 valence electrons. The summed E-state index contributed by atoms with van der Waals surface area (Å²) < 4.78 is 29.6. The van der Waals surface area contributed by atoms with Gasteiger partial charge in [-0.3, -0.25) is 4.79 Å². The number of furan rings is 1. The molecule has 0 saturated carbocycles. The van der Waals surface area contributed by atoms with Crippen LogP contribution in [0.5, 0.6) is 0 Å². The Balaban J connectivity index is 1.85. The van der Waals surface area contributed by atoms with E-state index in [-0.39, 0.29) is 35.9 Å². The second-order valence-electron chi connectivity index (χ2n) is 7.07. The van der Waals surface area contributed by atoms with E-state index in [1.807, 2.05) is 0 Å². The van der Waals surface area contributed by atoms with Crippen LogP contribution in [0.1, 0.15) is 26.0 Å². The lowest BCUT2D eigenvalue weighted by Gasteiger charge is -2.29. The van der Waals surface area contributed by atoms with Gasteiger partial charge in [-0.15, -0.1) is 0 Å². The summed E-state index contributed by atoms with van der Waals surface area (Å²) in [5.41, 5.74) is 0.667. The lowest BCUT2D eigenvalue weighted by Crippen LogP contribution is -2.42. The summed E-state index contributed by atoms with van der Waals surface area (Å²) in [6, 6.07) is 8.33. The second-order valence-corrected chi connectivity index (χ2v) is 10.1. The average Bonchev–Trinajstić information content (AvgIpc) is 3.20. The summed E-state index contributed by atoms with van der Waals surface area (Å²) in [6.45, 7) is 3.82. The molecule has 1 atom stereocenters. The fourth-order valence-electron chi connectivity index (χ4n) is 3.20. The van der Waals surface area contributed by atoms with Crippen LogP contribution in [0.3, 0.4) is 0 Å². The Morgan fingerprint density at radius 3 is 2.63 bits per heavy atom. The Morgan fingerprint density at radius 1 is 1.26 bits per heavy atom. The van der Waals surface area contributed by atoms with E-state index in [1.165, 1.54) is 0 Å². The first-order valence-electron chi connectivity index (χ1n) is 8.71. The van der Waals surface area contributed by atoms with E-state index in [0.29, 0.717) is 33.6 Å². The van der Waals surface area contributed by atoms with E-state index in [1.54, 1.807) is 49.1 Å². The van der Waals surface area contributed by atoms with E-state index in [4.69, 9.17) is 27.6 Å². The van der Waals surface area contributed by atoms with Gasteiger partial charge in [-0.25, -0.2) is 8.42 Å². The summed E-state index contributed by atoms with van der Waals surface area (Å²) in [5, 5.41) is 1.05. The van der Waals surface area contributed by atoms with Crippen LogP contribution in [0.15, 0.2) is 34.7 Å². The number of carbonyl (C=O) groups is 1. The minimum Gasteiger partial charge on any atom is -0.459 e. The maximum absolute atomic E-state index is 12.7. The molecule has 8 heteroatoms. The molecule has 1 aromatic carbocycles. The van der Waals surface area contributed by atoms with Crippen molar-refractivity contribution in [2.24, 2.45) is 5.92 Å². The van der Waals surface area contributed by atoms with Crippen molar-refractivity contribution >= 4 is 38.9 Å². The number of amides is 1. The van der Waals surface area contributed by atoms with Gasteiger partial charge >= 0.3 is 0 Å². The Morgan fingerprint density at radius 2 is 2.00 bits per heavy atom. The average molecular weight is 430 g/mol. The number of halogens is 2. The molecule has 0 aliphatic carbocycles. The molecule has 0 spiro atoms. The molecule has 2 heterocycles. The summed E-state index contributed by atoms with van der Waals surface area (Å²) in [7, 11) is -3.10. The fraction of sp³-hybridized carbons (Fsp3) is 0.421. The normalized spacial score (nSPS) is 18.8.